The van der Waals surface area contributed by atoms with Gasteiger partial charge in [0.15, 0.2) is 0 Å². The molecule has 1 amide bonds. The van der Waals surface area contributed by atoms with E-state index in [2.05, 4.69) is 10.0 Å². The van der Waals surface area contributed by atoms with Crippen LogP contribution in [0, 0.1) is 10.1 Å². The molecule has 7 nitrogen and oxygen atoms in total. The molecule has 31 heavy (non-hydrogen) atoms. The number of likely N-dealkylation sites (tertiary alicyclic amines) is 1. The second-order valence-electron chi connectivity index (χ2n) is 8.02. The molecular weight excluding hydrogens is 416 g/mol. The molecule has 0 aliphatic carbocycles. The van der Waals surface area contributed by atoms with E-state index in [0.29, 0.717) is 30.0 Å². The molecule has 1 fully saturated rings. The first-order valence-electron chi connectivity index (χ1n) is 10.6. The summed E-state index contributed by atoms with van der Waals surface area (Å²) in [6.07, 6.45) is 4.47. The zero-order valence-electron chi connectivity index (χ0n) is 17.2. The number of benzene rings is 2. The van der Waals surface area contributed by atoms with Crippen LogP contribution in [0.1, 0.15) is 49.3 Å². The number of hydrazone groups is 1. The first-order chi connectivity index (χ1) is 15.0. The van der Waals surface area contributed by atoms with Crippen molar-refractivity contribution in [2.75, 3.05) is 19.6 Å². The number of hydrogen-bond donors (Lipinski definition) is 0. The van der Waals surface area contributed by atoms with Gasteiger partial charge in [0.05, 0.1) is 16.7 Å². The second kappa shape index (κ2) is 9.58. The van der Waals surface area contributed by atoms with Crippen LogP contribution in [0.3, 0.4) is 0 Å². The Labute approximate surface area is 186 Å². The molecule has 0 spiro atoms. The van der Waals surface area contributed by atoms with E-state index >= 15 is 0 Å². The van der Waals surface area contributed by atoms with Crippen molar-refractivity contribution in [3.05, 3.63) is 74.8 Å². The van der Waals surface area contributed by atoms with E-state index in [1.165, 1.54) is 36.4 Å². The van der Waals surface area contributed by atoms with Crippen LogP contribution in [0.15, 0.2) is 53.6 Å². The smallest absolute Gasteiger partial charge is 0.269 e. The molecule has 2 aromatic carbocycles. The Morgan fingerprint density at radius 2 is 1.87 bits per heavy atom. The van der Waals surface area contributed by atoms with Crippen molar-refractivity contribution in [2.24, 2.45) is 5.10 Å². The van der Waals surface area contributed by atoms with Gasteiger partial charge in [0.2, 0.25) is 5.91 Å². The van der Waals surface area contributed by atoms with E-state index in [9.17, 15) is 14.9 Å². The summed E-state index contributed by atoms with van der Waals surface area (Å²) < 4.78 is 0. The summed E-state index contributed by atoms with van der Waals surface area (Å²) in [5, 5.41) is 18.1. The molecule has 0 N–H and O–H groups in total. The minimum Gasteiger partial charge on any atom is -0.303 e. The Morgan fingerprint density at radius 3 is 2.58 bits per heavy atom. The van der Waals surface area contributed by atoms with E-state index < -0.39 is 4.92 Å². The molecule has 1 saturated heterocycles. The third-order valence-electron chi connectivity index (χ3n) is 5.90. The highest BCUT2D eigenvalue weighted by atomic mass is 35.5. The Bertz CT molecular complexity index is 987. The molecular formula is C23H25ClN4O3. The maximum Gasteiger partial charge on any atom is 0.269 e. The molecule has 1 unspecified atom stereocenters. The van der Waals surface area contributed by atoms with Crippen molar-refractivity contribution in [1.82, 2.24) is 9.91 Å². The van der Waals surface area contributed by atoms with Gasteiger partial charge in [-0.3, -0.25) is 14.9 Å². The first kappa shape index (κ1) is 21.5. The Morgan fingerprint density at radius 1 is 1.13 bits per heavy atom. The van der Waals surface area contributed by atoms with Crippen LogP contribution in [0.4, 0.5) is 5.69 Å². The van der Waals surface area contributed by atoms with E-state index in [1.807, 2.05) is 18.2 Å². The highest BCUT2D eigenvalue weighted by Crippen LogP contribution is 2.34. The molecule has 0 bridgehead atoms. The lowest BCUT2D eigenvalue weighted by Crippen LogP contribution is -2.35. The molecule has 2 aromatic rings. The standard InChI is InChI=1S/C23H25ClN4O3/c24-19-9-7-17(8-10-19)21-16-22(18-5-4-6-20(15-18)28(30)31)27(25-21)23(29)11-14-26-12-2-1-3-13-26/h4-10,15,22H,1-3,11-14,16H2. The molecule has 4 rings (SSSR count). The van der Waals surface area contributed by atoms with E-state index in [4.69, 9.17) is 11.6 Å². The van der Waals surface area contributed by atoms with Gasteiger partial charge in [-0.15, -0.1) is 0 Å². The number of carbonyl (C=O) groups excluding carboxylic acids is 1. The predicted molar refractivity (Wildman–Crippen MR) is 120 cm³/mol. The Hall–Kier alpha value is -2.77. The molecule has 162 valence electrons. The topological polar surface area (TPSA) is 79.0 Å². The zero-order chi connectivity index (χ0) is 21.8. The van der Waals surface area contributed by atoms with Gasteiger partial charge in [-0.2, -0.15) is 5.10 Å². The quantitative estimate of drug-likeness (QED) is 0.477. The number of carbonyl (C=O) groups is 1. The molecule has 2 heterocycles. The maximum atomic E-state index is 13.2. The number of hydrogen-bond acceptors (Lipinski definition) is 5. The molecule has 0 radical (unpaired) electrons. The fraction of sp³-hybridized carbons (Fsp3) is 0.391. The molecule has 1 atom stereocenters. The van der Waals surface area contributed by atoms with Crippen LogP contribution in [0.25, 0.3) is 0 Å². The Kier molecular flexibility index (Phi) is 6.63. The van der Waals surface area contributed by atoms with Crippen molar-refractivity contribution in [1.29, 1.82) is 0 Å². The third kappa shape index (κ3) is 5.11. The summed E-state index contributed by atoms with van der Waals surface area (Å²) in [6.45, 7) is 2.77. The zero-order valence-corrected chi connectivity index (χ0v) is 18.0. The van der Waals surface area contributed by atoms with Gasteiger partial charge >= 0.3 is 0 Å². The maximum absolute atomic E-state index is 13.2. The SMILES string of the molecule is O=C(CCN1CCCCC1)N1N=C(c2ccc(Cl)cc2)CC1c1cccc([N+](=O)[O-])c1. The van der Waals surface area contributed by atoms with Gasteiger partial charge in [0, 0.05) is 36.5 Å². The van der Waals surface area contributed by atoms with Crippen LogP contribution in [-0.2, 0) is 4.79 Å². The summed E-state index contributed by atoms with van der Waals surface area (Å²) >= 11 is 6.01. The second-order valence-corrected chi connectivity index (χ2v) is 8.45. The highest BCUT2D eigenvalue weighted by molar-refractivity contribution is 6.30. The fourth-order valence-corrected chi connectivity index (χ4v) is 4.34. The number of halogens is 1. The molecule has 0 saturated carbocycles. The van der Waals surface area contributed by atoms with Crippen LogP contribution in [-0.4, -0.2) is 46.1 Å². The van der Waals surface area contributed by atoms with Gasteiger partial charge in [-0.1, -0.05) is 42.3 Å². The van der Waals surface area contributed by atoms with E-state index in [-0.39, 0.29) is 17.6 Å². The van der Waals surface area contributed by atoms with Crippen LogP contribution in [0.5, 0.6) is 0 Å². The summed E-state index contributed by atoms with van der Waals surface area (Å²) in [6, 6.07) is 13.5. The fourth-order valence-electron chi connectivity index (χ4n) is 4.21. The van der Waals surface area contributed by atoms with Gasteiger partial charge in [-0.05, 0) is 49.2 Å². The molecule has 0 aromatic heterocycles. The van der Waals surface area contributed by atoms with E-state index in [1.54, 1.807) is 18.2 Å². The summed E-state index contributed by atoms with van der Waals surface area (Å²) in [5.74, 6) is -0.0638. The van der Waals surface area contributed by atoms with Crippen LogP contribution in [0.2, 0.25) is 5.02 Å². The monoisotopic (exact) mass is 440 g/mol. The molecule has 2 aliphatic rings. The number of amides is 1. The van der Waals surface area contributed by atoms with Gasteiger partial charge < -0.3 is 4.90 Å². The number of nitrogens with zero attached hydrogens (tertiary/aromatic N) is 4. The highest BCUT2D eigenvalue weighted by Gasteiger charge is 2.33. The van der Waals surface area contributed by atoms with Gasteiger partial charge in [-0.25, -0.2) is 5.01 Å². The van der Waals surface area contributed by atoms with Gasteiger partial charge in [0.25, 0.3) is 5.69 Å². The number of non-ortho nitro benzene ring substituents is 1. The van der Waals surface area contributed by atoms with Crippen LogP contribution >= 0.6 is 11.6 Å². The molecule has 8 heteroatoms. The number of piperidine rings is 1. The minimum atomic E-state index is -0.415. The summed E-state index contributed by atoms with van der Waals surface area (Å²) in [5.41, 5.74) is 2.40. The van der Waals surface area contributed by atoms with E-state index in [0.717, 1.165) is 24.4 Å². The third-order valence-corrected chi connectivity index (χ3v) is 6.15. The lowest BCUT2D eigenvalue weighted by Gasteiger charge is -2.27. The Balaban J connectivity index is 1.57. The largest absolute Gasteiger partial charge is 0.303 e. The van der Waals surface area contributed by atoms with Crippen molar-refractivity contribution in [3.8, 4) is 0 Å². The molecule has 2 aliphatic heterocycles. The normalized spacial score (nSPS) is 19.3. The predicted octanol–water partition coefficient (Wildman–Crippen LogP) is 4.80. The lowest BCUT2D eigenvalue weighted by molar-refractivity contribution is -0.384. The minimum absolute atomic E-state index is 0.0122. The average Bonchev–Trinajstić information content (AvgIpc) is 3.24. The van der Waals surface area contributed by atoms with Crippen molar-refractivity contribution < 1.29 is 9.72 Å². The lowest BCUT2D eigenvalue weighted by atomic mass is 9.98. The van der Waals surface area contributed by atoms with Gasteiger partial charge in [0.1, 0.15) is 0 Å². The van der Waals surface area contributed by atoms with Crippen molar-refractivity contribution in [3.63, 3.8) is 0 Å². The number of nitro benzene ring substituents is 1. The number of nitro groups is 1. The van der Waals surface area contributed by atoms with Crippen LogP contribution < -0.4 is 0 Å². The van der Waals surface area contributed by atoms with Crippen molar-refractivity contribution >= 4 is 28.9 Å². The summed E-state index contributed by atoms with van der Waals surface area (Å²) in [4.78, 5) is 26.3. The van der Waals surface area contributed by atoms with Crippen molar-refractivity contribution in [2.45, 2.75) is 38.1 Å². The average molecular weight is 441 g/mol. The number of rotatable bonds is 6. The first-order valence-corrected chi connectivity index (χ1v) is 11.0. The summed E-state index contributed by atoms with van der Waals surface area (Å²) in [7, 11) is 0.